The number of amides is 1. The highest BCUT2D eigenvalue weighted by molar-refractivity contribution is 7.92. The molecule has 148 valence electrons. The van der Waals surface area contributed by atoms with Gasteiger partial charge in [0.1, 0.15) is 5.75 Å². The number of anilines is 2. The number of benzene rings is 2. The number of ether oxygens (including phenoxy) is 1. The largest absolute Gasteiger partial charge is 0.495 e. The smallest absolute Gasteiger partial charge is 0.264 e. The van der Waals surface area contributed by atoms with Gasteiger partial charge in [-0.15, -0.1) is 0 Å². The van der Waals surface area contributed by atoms with E-state index in [1.807, 2.05) is 13.0 Å². The second kappa shape index (κ2) is 9.75. The molecule has 0 spiro atoms. The minimum atomic E-state index is -3.81. The molecule has 7 heteroatoms. The van der Waals surface area contributed by atoms with E-state index in [-0.39, 0.29) is 23.0 Å². The fraction of sp³-hybridized carbons (Fsp3) is 0.190. The van der Waals surface area contributed by atoms with Crippen molar-refractivity contribution in [2.24, 2.45) is 0 Å². The third-order valence-electron chi connectivity index (χ3n) is 3.90. The molecule has 0 fully saturated rings. The quantitative estimate of drug-likeness (QED) is 0.537. The van der Waals surface area contributed by atoms with Gasteiger partial charge < -0.3 is 10.1 Å². The van der Waals surface area contributed by atoms with Crippen LogP contribution in [0.3, 0.4) is 0 Å². The Labute approximate surface area is 166 Å². The molecule has 1 N–H and O–H groups in total. The standard InChI is InChI=1S/C21H24N2O4S/c1-4-6-8-13-21(24)22-19-16-18(14-15-20(19)27-3)28(25,26)23(5-2)17-11-9-7-10-12-17/h4,6-16H,5H2,1-3H3,(H,22,24)/b6-4+,13-8+. The van der Waals surface area contributed by atoms with Crippen molar-refractivity contribution < 1.29 is 17.9 Å². The summed E-state index contributed by atoms with van der Waals surface area (Å²) in [6.45, 7) is 3.88. The van der Waals surface area contributed by atoms with E-state index in [9.17, 15) is 13.2 Å². The average molecular weight is 401 g/mol. The van der Waals surface area contributed by atoms with Crippen LogP contribution in [0.4, 0.5) is 11.4 Å². The normalized spacial score (nSPS) is 11.7. The molecule has 0 saturated carbocycles. The van der Waals surface area contributed by atoms with E-state index in [0.29, 0.717) is 11.4 Å². The van der Waals surface area contributed by atoms with Crippen LogP contribution in [0.1, 0.15) is 13.8 Å². The van der Waals surface area contributed by atoms with Crippen LogP contribution >= 0.6 is 0 Å². The van der Waals surface area contributed by atoms with Gasteiger partial charge in [-0.25, -0.2) is 8.42 Å². The molecule has 2 rings (SSSR count). The molecule has 28 heavy (non-hydrogen) atoms. The van der Waals surface area contributed by atoms with E-state index < -0.39 is 10.0 Å². The van der Waals surface area contributed by atoms with Crippen molar-refractivity contribution in [2.75, 3.05) is 23.3 Å². The minimum absolute atomic E-state index is 0.0618. The fourth-order valence-corrected chi connectivity index (χ4v) is 4.09. The van der Waals surface area contributed by atoms with Crippen molar-refractivity contribution in [1.82, 2.24) is 0 Å². The number of nitrogens with zero attached hydrogens (tertiary/aromatic N) is 1. The zero-order chi connectivity index (χ0) is 20.6. The fourth-order valence-electron chi connectivity index (χ4n) is 2.59. The number of para-hydroxylation sites is 1. The van der Waals surface area contributed by atoms with Crippen molar-refractivity contribution in [3.05, 3.63) is 72.8 Å². The Balaban J connectivity index is 2.41. The topological polar surface area (TPSA) is 75.7 Å². The molecule has 2 aromatic carbocycles. The van der Waals surface area contributed by atoms with Crippen LogP contribution in [0.2, 0.25) is 0 Å². The van der Waals surface area contributed by atoms with E-state index in [4.69, 9.17) is 4.74 Å². The van der Waals surface area contributed by atoms with Crippen molar-refractivity contribution in [1.29, 1.82) is 0 Å². The van der Waals surface area contributed by atoms with Gasteiger partial charge in [-0.2, -0.15) is 0 Å². The maximum absolute atomic E-state index is 13.2. The van der Waals surface area contributed by atoms with Crippen LogP contribution in [-0.4, -0.2) is 28.0 Å². The Kier molecular flexibility index (Phi) is 7.40. The summed E-state index contributed by atoms with van der Waals surface area (Å²) in [7, 11) is -2.36. The second-order valence-electron chi connectivity index (χ2n) is 5.74. The van der Waals surface area contributed by atoms with Gasteiger partial charge in [-0.3, -0.25) is 9.10 Å². The first kappa shape index (κ1) is 21.2. The summed E-state index contributed by atoms with van der Waals surface area (Å²) in [5.41, 5.74) is 0.850. The average Bonchev–Trinajstić information content (AvgIpc) is 2.69. The molecule has 1 amide bonds. The zero-order valence-electron chi connectivity index (χ0n) is 16.1. The molecule has 0 radical (unpaired) electrons. The highest BCUT2D eigenvalue weighted by Crippen LogP contribution is 2.30. The Morgan fingerprint density at radius 3 is 2.46 bits per heavy atom. The molecule has 0 aliphatic heterocycles. The Bertz CT molecular complexity index is 967. The summed E-state index contributed by atoms with van der Waals surface area (Å²) < 4.78 is 32.9. The van der Waals surface area contributed by atoms with Gasteiger partial charge in [0.2, 0.25) is 5.91 Å². The number of allylic oxidation sites excluding steroid dienone is 3. The van der Waals surface area contributed by atoms with Gasteiger partial charge in [0.25, 0.3) is 10.0 Å². The van der Waals surface area contributed by atoms with E-state index in [1.54, 1.807) is 49.4 Å². The maximum Gasteiger partial charge on any atom is 0.264 e. The number of carbonyl (C=O) groups is 1. The van der Waals surface area contributed by atoms with Gasteiger partial charge in [-0.1, -0.05) is 36.4 Å². The Hall–Kier alpha value is -3.06. The molecule has 0 saturated heterocycles. The van der Waals surface area contributed by atoms with Crippen molar-refractivity contribution in [2.45, 2.75) is 18.7 Å². The highest BCUT2D eigenvalue weighted by atomic mass is 32.2. The summed E-state index contributed by atoms with van der Waals surface area (Å²) in [6, 6.07) is 13.3. The predicted octanol–water partition coefficient (Wildman–Crippen LogP) is 3.98. The summed E-state index contributed by atoms with van der Waals surface area (Å²) in [5.74, 6) is -0.0177. The summed E-state index contributed by atoms with van der Waals surface area (Å²) >= 11 is 0. The number of rotatable bonds is 8. The van der Waals surface area contributed by atoms with Crippen LogP contribution < -0.4 is 14.4 Å². The van der Waals surface area contributed by atoms with Crippen molar-refractivity contribution >= 4 is 27.3 Å². The number of methoxy groups -OCH3 is 1. The van der Waals surface area contributed by atoms with E-state index in [1.165, 1.54) is 35.7 Å². The molecule has 0 aliphatic rings. The van der Waals surface area contributed by atoms with Crippen LogP contribution in [0, 0.1) is 0 Å². The lowest BCUT2D eigenvalue weighted by molar-refractivity contribution is -0.111. The van der Waals surface area contributed by atoms with Crippen LogP contribution in [-0.2, 0) is 14.8 Å². The number of carbonyl (C=O) groups excluding carboxylic acids is 1. The number of nitrogens with one attached hydrogen (secondary N) is 1. The minimum Gasteiger partial charge on any atom is -0.495 e. The molecule has 0 atom stereocenters. The Morgan fingerprint density at radius 1 is 1.14 bits per heavy atom. The lowest BCUT2D eigenvalue weighted by Gasteiger charge is -2.23. The van der Waals surface area contributed by atoms with Gasteiger partial charge in [0.05, 0.1) is 23.4 Å². The van der Waals surface area contributed by atoms with Gasteiger partial charge >= 0.3 is 0 Å². The summed E-state index contributed by atoms with van der Waals surface area (Å²) in [6.07, 6.45) is 6.46. The number of hydrogen-bond acceptors (Lipinski definition) is 4. The van der Waals surface area contributed by atoms with Crippen LogP contribution in [0.25, 0.3) is 0 Å². The maximum atomic E-state index is 13.2. The van der Waals surface area contributed by atoms with Crippen LogP contribution in [0.15, 0.2) is 77.7 Å². The van der Waals surface area contributed by atoms with Crippen LogP contribution in [0.5, 0.6) is 5.75 Å². The third-order valence-corrected chi connectivity index (χ3v) is 5.80. The van der Waals surface area contributed by atoms with E-state index >= 15 is 0 Å². The molecule has 6 nitrogen and oxygen atoms in total. The molecule has 0 heterocycles. The SMILES string of the molecule is C/C=C/C=C/C(=O)Nc1cc(S(=O)(=O)N(CC)c2ccccc2)ccc1OC. The van der Waals surface area contributed by atoms with E-state index in [0.717, 1.165) is 0 Å². The van der Waals surface area contributed by atoms with Crippen molar-refractivity contribution in [3.8, 4) is 5.75 Å². The first-order valence-corrected chi connectivity index (χ1v) is 10.2. The lowest BCUT2D eigenvalue weighted by Crippen LogP contribution is -2.30. The van der Waals surface area contributed by atoms with Gasteiger partial charge in [-0.05, 0) is 44.2 Å². The zero-order valence-corrected chi connectivity index (χ0v) is 16.9. The molecular formula is C21H24N2O4S. The number of hydrogen-bond donors (Lipinski definition) is 1. The predicted molar refractivity (Wildman–Crippen MR) is 112 cm³/mol. The first-order chi connectivity index (χ1) is 13.4. The highest BCUT2D eigenvalue weighted by Gasteiger charge is 2.24. The molecule has 0 bridgehead atoms. The lowest BCUT2D eigenvalue weighted by atomic mass is 10.3. The van der Waals surface area contributed by atoms with Gasteiger partial charge in [0, 0.05) is 12.6 Å². The Morgan fingerprint density at radius 2 is 1.86 bits per heavy atom. The molecule has 0 aromatic heterocycles. The molecular weight excluding hydrogens is 376 g/mol. The van der Waals surface area contributed by atoms with Crippen molar-refractivity contribution in [3.63, 3.8) is 0 Å². The number of sulfonamides is 1. The van der Waals surface area contributed by atoms with E-state index in [2.05, 4.69) is 5.32 Å². The summed E-state index contributed by atoms with van der Waals surface area (Å²) in [4.78, 5) is 12.1. The van der Waals surface area contributed by atoms with Gasteiger partial charge in [0.15, 0.2) is 0 Å². The second-order valence-corrected chi connectivity index (χ2v) is 7.60. The monoisotopic (exact) mass is 400 g/mol. The molecule has 2 aromatic rings. The first-order valence-electron chi connectivity index (χ1n) is 8.80. The molecule has 0 unspecified atom stereocenters. The third kappa shape index (κ3) is 5.01. The summed E-state index contributed by atoms with van der Waals surface area (Å²) in [5, 5.41) is 2.66. The molecule has 0 aliphatic carbocycles.